The van der Waals surface area contributed by atoms with Crippen molar-refractivity contribution in [2.75, 3.05) is 18.5 Å². The monoisotopic (exact) mass is 226 g/mol. The minimum atomic E-state index is -0.875. The molecule has 88 valence electrons. The molecule has 0 aliphatic heterocycles. The Hall–Kier alpha value is -1.66. The molecular formula is C10H14N2O4. The van der Waals surface area contributed by atoms with Gasteiger partial charge in [0.2, 0.25) is 0 Å². The number of nitro groups is 1. The molecule has 3 N–H and O–H groups in total. The Bertz CT molecular complexity index is 381. The van der Waals surface area contributed by atoms with Crippen LogP contribution in [-0.4, -0.2) is 34.4 Å². The number of nitrogens with zero attached hydrogens (tertiary/aromatic N) is 1. The van der Waals surface area contributed by atoms with Gasteiger partial charge < -0.3 is 15.5 Å². The van der Waals surface area contributed by atoms with E-state index in [1.165, 1.54) is 6.07 Å². The molecule has 0 heterocycles. The molecule has 0 amide bonds. The zero-order valence-electron chi connectivity index (χ0n) is 8.88. The largest absolute Gasteiger partial charge is 0.394 e. The maximum Gasteiger partial charge on any atom is 0.274 e. The SMILES string of the molecule is Cc1ccc(NCC(O)CO)cc1[N+](=O)[O-]. The number of benzene rings is 1. The lowest BCUT2D eigenvalue weighted by molar-refractivity contribution is -0.385. The van der Waals surface area contributed by atoms with E-state index in [1.54, 1.807) is 19.1 Å². The Kier molecular flexibility index (Phi) is 4.21. The zero-order chi connectivity index (χ0) is 12.1. The van der Waals surface area contributed by atoms with Gasteiger partial charge in [0.25, 0.3) is 5.69 Å². The number of nitro benzene ring substituents is 1. The summed E-state index contributed by atoms with van der Waals surface area (Å²) in [5.41, 5.74) is 1.16. The van der Waals surface area contributed by atoms with Crippen LogP contribution in [0.4, 0.5) is 11.4 Å². The predicted molar refractivity (Wildman–Crippen MR) is 59.4 cm³/mol. The summed E-state index contributed by atoms with van der Waals surface area (Å²) in [5, 5.41) is 31.2. The van der Waals surface area contributed by atoms with Crippen molar-refractivity contribution in [3.05, 3.63) is 33.9 Å². The number of anilines is 1. The lowest BCUT2D eigenvalue weighted by Gasteiger charge is -2.10. The van der Waals surface area contributed by atoms with E-state index in [1.807, 2.05) is 0 Å². The van der Waals surface area contributed by atoms with E-state index in [0.717, 1.165) is 0 Å². The van der Waals surface area contributed by atoms with Gasteiger partial charge in [-0.3, -0.25) is 10.1 Å². The quantitative estimate of drug-likeness (QED) is 0.506. The van der Waals surface area contributed by atoms with Gasteiger partial charge in [-0.1, -0.05) is 6.07 Å². The zero-order valence-corrected chi connectivity index (χ0v) is 8.88. The van der Waals surface area contributed by atoms with Crippen molar-refractivity contribution in [1.29, 1.82) is 0 Å². The van der Waals surface area contributed by atoms with E-state index in [-0.39, 0.29) is 18.8 Å². The molecule has 0 spiro atoms. The van der Waals surface area contributed by atoms with Crippen molar-refractivity contribution in [2.24, 2.45) is 0 Å². The highest BCUT2D eigenvalue weighted by Gasteiger charge is 2.11. The molecule has 0 saturated heterocycles. The second kappa shape index (κ2) is 5.43. The standard InChI is InChI=1S/C10H14N2O4/c1-7-2-3-8(4-10(7)12(15)16)11-5-9(14)6-13/h2-4,9,11,13-14H,5-6H2,1H3. The molecule has 0 saturated carbocycles. The van der Waals surface area contributed by atoms with Crippen LogP contribution in [0, 0.1) is 17.0 Å². The van der Waals surface area contributed by atoms with E-state index in [2.05, 4.69) is 5.32 Å². The number of nitrogens with one attached hydrogen (secondary N) is 1. The van der Waals surface area contributed by atoms with Crippen molar-refractivity contribution >= 4 is 11.4 Å². The Morgan fingerprint density at radius 2 is 2.25 bits per heavy atom. The molecule has 1 rings (SSSR count). The first-order valence-corrected chi connectivity index (χ1v) is 4.82. The molecule has 0 bridgehead atoms. The van der Waals surface area contributed by atoms with E-state index >= 15 is 0 Å². The Morgan fingerprint density at radius 3 is 2.81 bits per heavy atom. The molecule has 0 aliphatic rings. The van der Waals surface area contributed by atoms with E-state index in [9.17, 15) is 10.1 Å². The molecule has 0 aromatic heterocycles. The molecule has 6 heteroatoms. The van der Waals surface area contributed by atoms with Crippen molar-refractivity contribution in [1.82, 2.24) is 0 Å². The minimum Gasteiger partial charge on any atom is -0.394 e. The van der Waals surface area contributed by atoms with Crippen molar-refractivity contribution in [2.45, 2.75) is 13.0 Å². The summed E-state index contributed by atoms with van der Waals surface area (Å²) in [4.78, 5) is 10.2. The van der Waals surface area contributed by atoms with Crippen molar-refractivity contribution in [3.8, 4) is 0 Å². The summed E-state index contributed by atoms with van der Waals surface area (Å²) in [6, 6.07) is 4.72. The van der Waals surface area contributed by atoms with Gasteiger partial charge in [0.1, 0.15) is 0 Å². The lowest BCUT2D eigenvalue weighted by atomic mass is 10.2. The van der Waals surface area contributed by atoms with E-state index in [4.69, 9.17) is 10.2 Å². The van der Waals surface area contributed by atoms with Crippen LogP contribution in [-0.2, 0) is 0 Å². The van der Waals surface area contributed by atoms with E-state index < -0.39 is 11.0 Å². The van der Waals surface area contributed by atoms with Gasteiger partial charge in [-0.2, -0.15) is 0 Å². The van der Waals surface area contributed by atoms with Gasteiger partial charge in [-0.15, -0.1) is 0 Å². The fraction of sp³-hybridized carbons (Fsp3) is 0.400. The van der Waals surface area contributed by atoms with Crippen LogP contribution in [0.3, 0.4) is 0 Å². The van der Waals surface area contributed by atoms with Crippen molar-refractivity contribution < 1.29 is 15.1 Å². The van der Waals surface area contributed by atoms with E-state index in [0.29, 0.717) is 11.3 Å². The predicted octanol–water partition coefficient (Wildman–Crippen LogP) is 0.668. The molecule has 1 aromatic rings. The van der Waals surface area contributed by atoms with Gasteiger partial charge in [-0.05, 0) is 13.0 Å². The Morgan fingerprint density at radius 1 is 1.56 bits per heavy atom. The average molecular weight is 226 g/mol. The molecule has 1 aromatic carbocycles. The fourth-order valence-corrected chi connectivity index (χ4v) is 1.22. The highest BCUT2D eigenvalue weighted by molar-refractivity contribution is 5.54. The Balaban J connectivity index is 2.75. The molecule has 1 atom stereocenters. The summed E-state index contributed by atoms with van der Waals surface area (Å²) in [6.07, 6.45) is -0.875. The summed E-state index contributed by atoms with van der Waals surface area (Å²) in [6.45, 7) is 1.46. The number of rotatable bonds is 5. The molecule has 0 fully saturated rings. The lowest BCUT2D eigenvalue weighted by Crippen LogP contribution is -2.22. The van der Waals surface area contributed by atoms with Crippen LogP contribution in [0.15, 0.2) is 18.2 Å². The summed E-state index contributed by atoms with van der Waals surface area (Å²) >= 11 is 0. The normalized spacial score (nSPS) is 12.2. The first kappa shape index (κ1) is 12.4. The summed E-state index contributed by atoms with van der Waals surface area (Å²) in [7, 11) is 0. The topological polar surface area (TPSA) is 95.6 Å². The third-order valence-electron chi connectivity index (χ3n) is 2.16. The third kappa shape index (κ3) is 3.18. The first-order chi connectivity index (χ1) is 7.54. The third-order valence-corrected chi connectivity index (χ3v) is 2.16. The van der Waals surface area contributed by atoms with Crippen molar-refractivity contribution in [3.63, 3.8) is 0 Å². The summed E-state index contributed by atoms with van der Waals surface area (Å²) < 4.78 is 0. The van der Waals surface area contributed by atoms with Gasteiger partial charge in [0.15, 0.2) is 0 Å². The summed E-state index contributed by atoms with van der Waals surface area (Å²) in [5.74, 6) is 0. The number of hydrogen-bond acceptors (Lipinski definition) is 5. The molecule has 6 nitrogen and oxygen atoms in total. The molecule has 0 aliphatic carbocycles. The molecule has 0 radical (unpaired) electrons. The first-order valence-electron chi connectivity index (χ1n) is 4.82. The van der Waals surface area contributed by atoms with Crippen LogP contribution in [0.2, 0.25) is 0 Å². The fourth-order valence-electron chi connectivity index (χ4n) is 1.22. The van der Waals surface area contributed by atoms with Gasteiger partial charge >= 0.3 is 0 Å². The number of aliphatic hydroxyl groups is 2. The Labute approximate surface area is 92.7 Å². The second-order valence-electron chi connectivity index (χ2n) is 3.48. The molecule has 16 heavy (non-hydrogen) atoms. The highest BCUT2D eigenvalue weighted by atomic mass is 16.6. The van der Waals surface area contributed by atoms with Gasteiger partial charge in [0.05, 0.1) is 17.6 Å². The van der Waals surface area contributed by atoms with Crippen LogP contribution < -0.4 is 5.32 Å². The number of hydrogen-bond donors (Lipinski definition) is 3. The average Bonchev–Trinajstić information content (AvgIpc) is 2.27. The molecule has 1 unspecified atom stereocenters. The molecular weight excluding hydrogens is 212 g/mol. The van der Waals surface area contributed by atoms with Crippen LogP contribution in [0.5, 0.6) is 0 Å². The van der Waals surface area contributed by atoms with Crippen LogP contribution in [0.25, 0.3) is 0 Å². The smallest absolute Gasteiger partial charge is 0.274 e. The highest BCUT2D eigenvalue weighted by Crippen LogP contribution is 2.22. The minimum absolute atomic E-state index is 0.0310. The number of aliphatic hydroxyl groups excluding tert-OH is 2. The maximum atomic E-state index is 10.7. The second-order valence-corrected chi connectivity index (χ2v) is 3.48. The maximum absolute atomic E-state index is 10.7. The van der Waals surface area contributed by atoms with Gasteiger partial charge in [0, 0.05) is 23.9 Å². The number of aryl methyl sites for hydroxylation is 1. The van der Waals surface area contributed by atoms with Gasteiger partial charge in [-0.25, -0.2) is 0 Å². The van der Waals surface area contributed by atoms with Crippen LogP contribution >= 0.6 is 0 Å². The van der Waals surface area contributed by atoms with Crippen LogP contribution in [0.1, 0.15) is 5.56 Å².